The molecule has 0 aliphatic carbocycles. The topological polar surface area (TPSA) is 71.5 Å². The molecule has 0 saturated heterocycles. The van der Waals surface area contributed by atoms with Crippen molar-refractivity contribution in [3.63, 3.8) is 0 Å². The highest BCUT2D eigenvalue weighted by molar-refractivity contribution is 5.88. The summed E-state index contributed by atoms with van der Waals surface area (Å²) in [7, 11) is 0. The molecule has 1 aromatic carbocycles. The van der Waals surface area contributed by atoms with E-state index in [1.807, 2.05) is 31.2 Å². The van der Waals surface area contributed by atoms with Gasteiger partial charge in [-0.2, -0.15) is 0 Å². The van der Waals surface area contributed by atoms with Crippen LogP contribution in [-0.4, -0.2) is 22.2 Å². The molecule has 0 radical (unpaired) electrons. The van der Waals surface area contributed by atoms with Gasteiger partial charge in [-0.1, -0.05) is 13.0 Å². The van der Waals surface area contributed by atoms with Crippen LogP contribution in [-0.2, 0) is 0 Å². The van der Waals surface area contributed by atoms with Gasteiger partial charge in [0.05, 0.1) is 11.7 Å². The molecule has 2 rings (SSSR count). The number of carboxylic acid groups (broad SMARTS) is 1. The number of carboxylic acids is 1. The summed E-state index contributed by atoms with van der Waals surface area (Å²) in [6.45, 7) is 4.08. The molecule has 0 bridgehead atoms. The van der Waals surface area contributed by atoms with Crippen LogP contribution in [0.4, 0.5) is 11.5 Å². The highest BCUT2D eigenvalue weighted by Gasteiger charge is 2.06. The van der Waals surface area contributed by atoms with Crippen molar-refractivity contribution in [1.82, 2.24) is 4.98 Å². The average molecular weight is 286 g/mol. The van der Waals surface area contributed by atoms with Crippen LogP contribution in [0.25, 0.3) is 0 Å². The molecule has 5 heteroatoms. The molecule has 0 aliphatic rings. The van der Waals surface area contributed by atoms with Crippen LogP contribution in [0.5, 0.6) is 5.75 Å². The second-order valence-corrected chi connectivity index (χ2v) is 4.72. The van der Waals surface area contributed by atoms with Gasteiger partial charge in [0, 0.05) is 18.0 Å². The molecular weight excluding hydrogens is 268 g/mol. The lowest BCUT2D eigenvalue weighted by atomic mass is 10.2. The van der Waals surface area contributed by atoms with E-state index < -0.39 is 5.97 Å². The van der Waals surface area contributed by atoms with Crippen molar-refractivity contribution < 1.29 is 14.6 Å². The molecule has 0 fully saturated rings. The second-order valence-electron chi connectivity index (χ2n) is 4.72. The zero-order valence-corrected chi connectivity index (χ0v) is 12.0. The normalized spacial score (nSPS) is 11.7. The molecule has 0 aliphatic heterocycles. The van der Waals surface area contributed by atoms with E-state index in [0.717, 1.165) is 17.9 Å². The van der Waals surface area contributed by atoms with E-state index in [0.29, 0.717) is 5.82 Å². The Labute approximate surface area is 123 Å². The zero-order chi connectivity index (χ0) is 15.2. The molecule has 21 heavy (non-hydrogen) atoms. The van der Waals surface area contributed by atoms with Gasteiger partial charge in [0.25, 0.3) is 0 Å². The average Bonchev–Trinajstić information content (AvgIpc) is 2.47. The molecule has 1 unspecified atom stereocenters. The minimum Gasteiger partial charge on any atom is -0.491 e. The van der Waals surface area contributed by atoms with E-state index in [1.54, 1.807) is 0 Å². The van der Waals surface area contributed by atoms with Crippen molar-refractivity contribution in [2.24, 2.45) is 0 Å². The van der Waals surface area contributed by atoms with Crippen LogP contribution < -0.4 is 10.1 Å². The maximum absolute atomic E-state index is 10.9. The van der Waals surface area contributed by atoms with Crippen molar-refractivity contribution in [1.29, 1.82) is 0 Å². The first-order chi connectivity index (χ1) is 10.1. The van der Waals surface area contributed by atoms with E-state index in [2.05, 4.69) is 17.2 Å². The predicted molar refractivity (Wildman–Crippen MR) is 81.3 cm³/mol. The second kappa shape index (κ2) is 6.74. The number of hydrogen-bond acceptors (Lipinski definition) is 4. The van der Waals surface area contributed by atoms with Gasteiger partial charge >= 0.3 is 5.97 Å². The van der Waals surface area contributed by atoms with E-state index in [9.17, 15) is 4.79 Å². The van der Waals surface area contributed by atoms with Gasteiger partial charge in [-0.3, -0.25) is 0 Å². The van der Waals surface area contributed by atoms with Gasteiger partial charge < -0.3 is 15.2 Å². The Morgan fingerprint density at radius 1 is 1.38 bits per heavy atom. The lowest BCUT2D eigenvalue weighted by molar-refractivity contribution is 0.0697. The summed E-state index contributed by atoms with van der Waals surface area (Å²) < 4.78 is 5.75. The number of nitrogens with zero attached hydrogens (tertiary/aromatic N) is 1. The highest BCUT2D eigenvalue weighted by atomic mass is 16.5. The summed E-state index contributed by atoms with van der Waals surface area (Å²) >= 11 is 0. The third kappa shape index (κ3) is 4.21. The lowest BCUT2D eigenvalue weighted by Gasteiger charge is -2.14. The minimum atomic E-state index is -0.977. The van der Waals surface area contributed by atoms with Crippen molar-refractivity contribution >= 4 is 17.5 Å². The van der Waals surface area contributed by atoms with Crippen LogP contribution in [0.3, 0.4) is 0 Å². The predicted octanol–water partition coefficient (Wildman–Crippen LogP) is 3.70. The van der Waals surface area contributed by atoms with Crippen LogP contribution in [0.15, 0.2) is 42.6 Å². The molecule has 110 valence electrons. The van der Waals surface area contributed by atoms with Crippen molar-refractivity contribution in [3.8, 4) is 5.75 Å². The Morgan fingerprint density at radius 3 is 2.90 bits per heavy atom. The Bertz CT molecular complexity index is 628. The van der Waals surface area contributed by atoms with E-state index in [1.165, 1.54) is 18.3 Å². The summed E-state index contributed by atoms with van der Waals surface area (Å²) in [5.74, 6) is 0.272. The summed E-state index contributed by atoms with van der Waals surface area (Å²) in [6.07, 6.45) is 2.54. The van der Waals surface area contributed by atoms with Crippen molar-refractivity contribution in [2.45, 2.75) is 26.4 Å². The Morgan fingerprint density at radius 2 is 2.19 bits per heavy atom. The number of aromatic nitrogens is 1. The van der Waals surface area contributed by atoms with Gasteiger partial charge in [0.15, 0.2) is 0 Å². The molecular formula is C16H18N2O3. The summed E-state index contributed by atoms with van der Waals surface area (Å²) in [5.41, 5.74) is 0.991. The summed E-state index contributed by atoms with van der Waals surface area (Å²) in [5, 5.41) is 12.0. The number of hydrogen-bond donors (Lipinski definition) is 2. The number of ether oxygens (including phenoxy) is 1. The third-order valence-electron chi connectivity index (χ3n) is 3.03. The molecule has 0 saturated carbocycles. The zero-order valence-electron chi connectivity index (χ0n) is 12.0. The molecule has 1 atom stereocenters. The van der Waals surface area contributed by atoms with Crippen molar-refractivity contribution in [3.05, 3.63) is 48.2 Å². The molecule has 2 N–H and O–H groups in total. The Kier molecular flexibility index (Phi) is 4.77. The van der Waals surface area contributed by atoms with Crippen LogP contribution >= 0.6 is 0 Å². The van der Waals surface area contributed by atoms with E-state index >= 15 is 0 Å². The third-order valence-corrected chi connectivity index (χ3v) is 3.03. The molecule has 0 amide bonds. The van der Waals surface area contributed by atoms with Crippen LogP contribution in [0, 0.1) is 0 Å². The lowest BCUT2D eigenvalue weighted by Crippen LogP contribution is -2.09. The van der Waals surface area contributed by atoms with Gasteiger partial charge in [0.1, 0.15) is 11.6 Å². The first kappa shape index (κ1) is 14.8. The molecule has 0 spiro atoms. The van der Waals surface area contributed by atoms with Gasteiger partial charge in [-0.25, -0.2) is 9.78 Å². The number of pyridine rings is 1. The number of benzene rings is 1. The Balaban J connectivity index is 2.14. The maximum atomic E-state index is 10.9. The van der Waals surface area contributed by atoms with Gasteiger partial charge in [-0.05, 0) is 37.6 Å². The number of nitrogens with one attached hydrogen (secondary N) is 1. The van der Waals surface area contributed by atoms with Gasteiger partial charge in [0.2, 0.25) is 0 Å². The number of aromatic carboxylic acids is 1. The smallest absolute Gasteiger partial charge is 0.335 e. The number of carbonyl (C=O) groups is 1. The fourth-order valence-electron chi connectivity index (χ4n) is 1.74. The fraction of sp³-hybridized carbons (Fsp3) is 0.250. The number of rotatable bonds is 6. The molecule has 2 aromatic rings. The van der Waals surface area contributed by atoms with Gasteiger partial charge in [-0.15, -0.1) is 0 Å². The SMILES string of the molecule is CCC(C)Oc1cccc(Nc2cc(C(=O)O)ccn2)c1. The Hall–Kier alpha value is -2.56. The highest BCUT2D eigenvalue weighted by Crippen LogP contribution is 2.22. The molecule has 5 nitrogen and oxygen atoms in total. The summed E-state index contributed by atoms with van der Waals surface area (Å²) in [4.78, 5) is 15.0. The quantitative estimate of drug-likeness (QED) is 0.847. The molecule has 1 heterocycles. The molecule has 1 aromatic heterocycles. The monoisotopic (exact) mass is 286 g/mol. The number of anilines is 2. The van der Waals surface area contributed by atoms with E-state index in [4.69, 9.17) is 9.84 Å². The largest absolute Gasteiger partial charge is 0.491 e. The maximum Gasteiger partial charge on any atom is 0.335 e. The first-order valence-electron chi connectivity index (χ1n) is 6.81. The van der Waals surface area contributed by atoms with Crippen LogP contribution in [0.2, 0.25) is 0 Å². The van der Waals surface area contributed by atoms with Crippen molar-refractivity contribution in [2.75, 3.05) is 5.32 Å². The van der Waals surface area contributed by atoms with Crippen LogP contribution in [0.1, 0.15) is 30.6 Å². The summed E-state index contributed by atoms with van der Waals surface area (Å²) in [6, 6.07) is 10.4. The van der Waals surface area contributed by atoms with E-state index in [-0.39, 0.29) is 11.7 Å². The minimum absolute atomic E-state index is 0.147. The fourth-order valence-corrected chi connectivity index (χ4v) is 1.74. The standard InChI is InChI=1S/C16H18N2O3/c1-3-11(2)21-14-6-4-5-13(10-14)18-15-9-12(16(19)20)7-8-17-15/h4-11H,3H2,1-2H3,(H,17,18)(H,19,20). The first-order valence-corrected chi connectivity index (χ1v) is 6.81.